The molecule has 18 heavy (non-hydrogen) atoms. The van der Waals surface area contributed by atoms with Gasteiger partial charge in [-0.3, -0.25) is 9.78 Å². The van der Waals surface area contributed by atoms with Gasteiger partial charge in [0.2, 0.25) is 0 Å². The lowest BCUT2D eigenvalue weighted by Crippen LogP contribution is -2.24. The Morgan fingerprint density at radius 3 is 2.78 bits per heavy atom. The van der Waals surface area contributed by atoms with Gasteiger partial charge in [0, 0.05) is 12.4 Å². The van der Waals surface area contributed by atoms with Crippen LogP contribution in [0.15, 0.2) is 42.7 Å². The summed E-state index contributed by atoms with van der Waals surface area (Å²) in [6.07, 6.45) is 3.04. The van der Waals surface area contributed by atoms with Crippen LogP contribution in [0.25, 0.3) is 0 Å². The molecular formula is C13H10N4O. The summed E-state index contributed by atoms with van der Waals surface area (Å²) in [7, 11) is 0. The standard InChI is InChI=1S/C13H10N4O/c14-7-10-4-5-12(16-8-10)13(18)17-9-11-3-1-2-6-15-11/h1-6,8H,9H2,(H,17,18). The molecule has 2 aromatic heterocycles. The molecule has 88 valence electrons. The molecule has 5 nitrogen and oxygen atoms in total. The van der Waals surface area contributed by atoms with E-state index in [0.717, 1.165) is 5.69 Å². The lowest BCUT2D eigenvalue weighted by Gasteiger charge is -2.03. The Labute approximate surface area is 104 Å². The van der Waals surface area contributed by atoms with E-state index in [0.29, 0.717) is 12.1 Å². The summed E-state index contributed by atoms with van der Waals surface area (Å²) in [5.41, 5.74) is 1.49. The van der Waals surface area contributed by atoms with Crippen LogP contribution in [0, 0.1) is 11.3 Å². The van der Waals surface area contributed by atoms with Crippen LogP contribution in [0.3, 0.4) is 0 Å². The zero-order valence-corrected chi connectivity index (χ0v) is 9.50. The van der Waals surface area contributed by atoms with Gasteiger partial charge in [0.05, 0.1) is 17.8 Å². The van der Waals surface area contributed by atoms with Gasteiger partial charge in [-0.25, -0.2) is 4.98 Å². The van der Waals surface area contributed by atoms with Gasteiger partial charge in [0.1, 0.15) is 11.8 Å². The maximum atomic E-state index is 11.7. The van der Waals surface area contributed by atoms with Crippen molar-refractivity contribution < 1.29 is 4.79 Å². The molecule has 0 aliphatic heterocycles. The van der Waals surface area contributed by atoms with Crippen molar-refractivity contribution in [2.45, 2.75) is 6.54 Å². The van der Waals surface area contributed by atoms with E-state index in [1.54, 1.807) is 12.3 Å². The Kier molecular flexibility index (Phi) is 3.62. The third-order valence-corrected chi connectivity index (χ3v) is 2.28. The average molecular weight is 238 g/mol. The first-order chi connectivity index (χ1) is 8.79. The molecule has 0 saturated heterocycles. The largest absolute Gasteiger partial charge is 0.345 e. The fourth-order valence-corrected chi connectivity index (χ4v) is 1.36. The van der Waals surface area contributed by atoms with Crippen LogP contribution in [-0.2, 0) is 6.54 Å². The summed E-state index contributed by atoms with van der Waals surface area (Å²) >= 11 is 0. The fraction of sp³-hybridized carbons (Fsp3) is 0.0769. The van der Waals surface area contributed by atoms with Gasteiger partial charge in [-0.1, -0.05) is 6.07 Å². The minimum absolute atomic E-state index is 0.282. The smallest absolute Gasteiger partial charge is 0.270 e. The van der Waals surface area contributed by atoms with Crippen LogP contribution in [-0.4, -0.2) is 15.9 Å². The van der Waals surface area contributed by atoms with Crippen molar-refractivity contribution in [1.29, 1.82) is 5.26 Å². The van der Waals surface area contributed by atoms with Crippen molar-refractivity contribution in [3.05, 3.63) is 59.7 Å². The van der Waals surface area contributed by atoms with Gasteiger partial charge in [-0.15, -0.1) is 0 Å². The minimum Gasteiger partial charge on any atom is -0.345 e. The summed E-state index contributed by atoms with van der Waals surface area (Å²) in [6, 6.07) is 10.5. The molecule has 0 aromatic carbocycles. The predicted molar refractivity (Wildman–Crippen MR) is 64.4 cm³/mol. The molecule has 2 rings (SSSR count). The van der Waals surface area contributed by atoms with Crippen molar-refractivity contribution >= 4 is 5.91 Å². The maximum absolute atomic E-state index is 11.7. The first-order valence-electron chi connectivity index (χ1n) is 5.34. The topological polar surface area (TPSA) is 78.7 Å². The third-order valence-electron chi connectivity index (χ3n) is 2.28. The number of nitrogens with zero attached hydrogens (tertiary/aromatic N) is 3. The zero-order valence-electron chi connectivity index (χ0n) is 9.50. The van der Waals surface area contributed by atoms with Crippen LogP contribution >= 0.6 is 0 Å². The molecule has 1 amide bonds. The van der Waals surface area contributed by atoms with E-state index < -0.39 is 0 Å². The van der Waals surface area contributed by atoms with Crippen molar-refractivity contribution in [2.75, 3.05) is 0 Å². The molecule has 0 aliphatic rings. The lowest BCUT2D eigenvalue weighted by atomic mass is 10.2. The highest BCUT2D eigenvalue weighted by Gasteiger charge is 2.06. The monoisotopic (exact) mass is 238 g/mol. The molecule has 2 heterocycles. The Morgan fingerprint density at radius 1 is 1.28 bits per heavy atom. The van der Waals surface area contributed by atoms with E-state index in [2.05, 4.69) is 15.3 Å². The second-order valence-corrected chi connectivity index (χ2v) is 3.55. The summed E-state index contributed by atoms with van der Waals surface area (Å²) < 4.78 is 0. The van der Waals surface area contributed by atoms with Crippen LogP contribution in [0.4, 0.5) is 0 Å². The molecule has 0 unspecified atom stereocenters. The first kappa shape index (κ1) is 11.7. The van der Waals surface area contributed by atoms with Crippen LogP contribution in [0.5, 0.6) is 0 Å². The van der Waals surface area contributed by atoms with Crippen molar-refractivity contribution in [3.8, 4) is 6.07 Å². The van der Waals surface area contributed by atoms with E-state index in [1.165, 1.54) is 12.3 Å². The Bertz CT molecular complexity index is 572. The zero-order chi connectivity index (χ0) is 12.8. The number of aromatic nitrogens is 2. The fourth-order valence-electron chi connectivity index (χ4n) is 1.36. The minimum atomic E-state index is -0.287. The number of rotatable bonds is 3. The summed E-state index contributed by atoms with van der Waals surface area (Å²) in [5.74, 6) is -0.287. The molecule has 0 atom stereocenters. The van der Waals surface area contributed by atoms with E-state index in [-0.39, 0.29) is 11.6 Å². The van der Waals surface area contributed by atoms with E-state index >= 15 is 0 Å². The lowest BCUT2D eigenvalue weighted by molar-refractivity contribution is 0.0945. The molecule has 0 fully saturated rings. The van der Waals surface area contributed by atoms with Crippen LogP contribution in [0.2, 0.25) is 0 Å². The maximum Gasteiger partial charge on any atom is 0.270 e. The third kappa shape index (κ3) is 2.89. The Morgan fingerprint density at radius 2 is 2.17 bits per heavy atom. The highest BCUT2D eigenvalue weighted by Crippen LogP contribution is 1.99. The number of hydrogen-bond acceptors (Lipinski definition) is 4. The normalized spacial score (nSPS) is 9.50. The molecular weight excluding hydrogens is 228 g/mol. The number of pyridine rings is 2. The summed E-state index contributed by atoms with van der Waals surface area (Å²) in [5, 5.41) is 11.3. The van der Waals surface area contributed by atoms with Crippen molar-refractivity contribution in [1.82, 2.24) is 15.3 Å². The molecule has 5 heteroatoms. The van der Waals surface area contributed by atoms with Gasteiger partial charge in [0.25, 0.3) is 5.91 Å². The number of nitriles is 1. The summed E-state index contributed by atoms with van der Waals surface area (Å²) in [4.78, 5) is 19.7. The van der Waals surface area contributed by atoms with E-state index in [9.17, 15) is 4.79 Å². The first-order valence-corrected chi connectivity index (χ1v) is 5.34. The second-order valence-electron chi connectivity index (χ2n) is 3.55. The number of carbonyl (C=O) groups is 1. The Hall–Kier alpha value is -2.74. The SMILES string of the molecule is N#Cc1ccc(C(=O)NCc2ccccn2)nc1. The highest BCUT2D eigenvalue weighted by molar-refractivity contribution is 5.92. The molecule has 2 aromatic rings. The van der Waals surface area contributed by atoms with E-state index in [1.807, 2.05) is 24.3 Å². The molecule has 0 radical (unpaired) electrons. The molecule has 0 spiro atoms. The van der Waals surface area contributed by atoms with Gasteiger partial charge in [-0.2, -0.15) is 5.26 Å². The van der Waals surface area contributed by atoms with Gasteiger partial charge >= 0.3 is 0 Å². The Balaban J connectivity index is 1.98. The highest BCUT2D eigenvalue weighted by atomic mass is 16.1. The molecule has 0 saturated carbocycles. The summed E-state index contributed by atoms with van der Waals surface area (Å²) in [6.45, 7) is 0.349. The van der Waals surface area contributed by atoms with Gasteiger partial charge in [0.15, 0.2) is 0 Å². The molecule has 0 bridgehead atoms. The number of nitrogens with one attached hydrogen (secondary N) is 1. The quantitative estimate of drug-likeness (QED) is 0.873. The van der Waals surface area contributed by atoms with Gasteiger partial charge < -0.3 is 5.32 Å². The predicted octanol–water partition coefficient (Wildman–Crippen LogP) is 1.28. The van der Waals surface area contributed by atoms with Crippen molar-refractivity contribution in [3.63, 3.8) is 0 Å². The van der Waals surface area contributed by atoms with Gasteiger partial charge in [-0.05, 0) is 24.3 Å². The second kappa shape index (κ2) is 5.55. The average Bonchev–Trinajstić information content (AvgIpc) is 2.46. The van der Waals surface area contributed by atoms with Crippen molar-refractivity contribution in [2.24, 2.45) is 0 Å². The van der Waals surface area contributed by atoms with Crippen LogP contribution in [0.1, 0.15) is 21.7 Å². The number of amides is 1. The van der Waals surface area contributed by atoms with Crippen LogP contribution < -0.4 is 5.32 Å². The number of hydrogen-bond donors (Lipinski definition) is 1. The number of carbonyl (C=O) groups excluding carboxylic acids is 1. The van der Waals surface area contributed by atoms with E-state index in [4.69, 9.17) is 5.26 Å². The molecule has 1 N–H and O–H groups in total. The molecule has 0 aliphatic carbocycles.